The summed E-state index contributed by atoms with van der Waals surface area (Å²) in [6.45, 7) is 4.25. The van der Waals surface area contributed by atoms with Gasteiger partial charge in [0, 0.05) is 18.8 Å². The molecule has 3 aromatic rings. The summed E-state index contributed by atoms with van der Waals surface area (Å²) in [5.74, 6) is 2.26. The third-order valence-electron chi connectivity index (χ3n) is 5.28. The SMILES string of the molecule is CCOc1c(I)cc(/C=N\Nc2nc(Nc3ccc(F)cc3)nc(N3CCCCC3)n2)cc1OC. The lowest BCUT2D eigenvalue weighted by Gasteiger charge is -2.26. The number of hydrogen-bond acceptors (Lipinski definition) is 9. The van der Waals surface area contributed by atoms with E-state index in [2.05, 4.69) is 58.3 Å². The number of hydrogen-bond donors (Lipinski definition) is 2. The Morgan fingerprint density at radius 2 is 1.83 bits per heavy atom. The molecule has 4 rings (SSSR count). The Hall–Kier alpha value is -3.22. The standard InChI is InChI=1S/C24H27FIN7O2/c1-3-35-21-19(26)13-16(14-20(21)34-2)15-27-32-23-29-22(28-18-9-7-17(25)8-10-18)30-24(31-23)33-11-5-4-6-12-33/h7-10,13-15H,3-6,11-12H2,1-2H3,(H2,28,29,30,31,32)/b27-15-. The Morgan fingerprint density at radius 3 is 2.54 bits per heavy atom. The van der Waals surface area contributed by atoms with E-state index in [-0.39, 0.29) is 5.82 Å². The van der Waals surface area contributed by atoms with Gasteiger partial charge in [-0.2, -0.15) is 20.1 Å². The maximum Gasteiger partial charge on any atom is 0.250 e. The minimum Gasteiger partial charge on any atom is -0.493 e. The number of piperidine rings is 1. The molecule has 2 heterocycles. The molecule has 0 saturated carbocycles. The van der Waals surface area contributed by atoms with Gasteiger partial charge in [-0.05, 0) is 90.7 Å². The molecule has 9 nitrogen and oxygen atoms in total. The second-order valence-electron chi connectivity index (χ2n) is 7.80. The van der Waals surface area contributed by atoms with E-state index in [9.17, 15) is 4.39 Å². The molecular formula is C24H27FIN7O2. The molecule has 35 heavy (non-hydrogen) atoms. The second kappa shape index (κ2) is 12.0. The molecule has 0 atom stereocenters. The van der Waals surface area contributed by atoms with Gasteiger partial charge in [-0.3, -0.25) is 0 Å². The second-order valence-corrected chi connectivity index (χ2v) is 8.96. The highest BCUT2D eigenvalue weighted by Gasteiger charge is 2.16. The number of rotatable bonds is 9. The molecule has 1 aliphatic heterocycles. The van der Waals surface area contributed by atoms with Gasteiger partial charge in [-0.15, -0.1) is 0 Å². The van der Waals surface area contributed by atoms with Gasteiger partial charge in [0.25, 0.3) is 0 Å². The number of hydrazone groups is 1. The predicted molar refractivity (Wildman–Crippen MR) is 144 cm³/mol. The summed E-state index contributed by atoms with van der Waals surface area (Å²) in [6, 6.07) is 9.83. The number of benzene rings is 2. The van der Waals surface area contributed by atoms with Gasteiger partial charge in [0.2, 0.25) is 17.8 Å². The zero-order valence-electron chi connectivity index (χ0n) is 19.6. The highest BCUT2D eigenvalue weighted by Crippen LogP contribution is 2.33. The highest BCUT2D eigenvalue weighted by atomic mass is 127. The first kappa shape index (κ1) is 24.9. The molecule has 1 saturated heterocycles. The smallest absolute Gasteiger partial charge is 0.250 e. The molecule has 0 unspecified atom stereocenters. The number of halogens is 2. The van der Waals surface area contributed by atoms with Crippen LogP contribution in [0.2, 0.25) is 0 Å². The Balaban J connectivity index is 1.56. The van der Waals surface area contributed by atoms with Crippen molar-refractivity contribution >= 4 is 52.3 Å². The van der Waals surface area contributed by atoms with Crippen LogP contribution in [0.15, 0.2) is 41.5 Å². The van der Waals surface area contributed by atoms with Crippen molar-refractivity contribution in [3.63, 3.8) is 0 Å². The van der Waals surface area contributed by atoms with Gasteiger partial charge >= 0.3 is 0 Å². The van der Waals surface area contributed by atoms with E-state index >= 15 is 0 Å². The third-order valence-corrected chi connectivity index (χ3v) is 6.08. The molecule has 11 heteroatoms. The van der Waals surface area contributed by atoms with Crippen LogP contribution in [0.25, 0.3) is 0 Å². The number of ether oxygens (including phenoxy) is 2. The normalized spacial score (nSPS) is 13.7. The zero-order valence-corrected chi connectivity index (χ0v) is 21.8. The lowest BCUT2D eigenvalue weighted by molar-refractivity contribution is 0.308. The molecular weight excluding hydrogens is 564 g/mol. The number of methoxy groups -OCH3 is 1. The molecule has 0 radical (unpaired) electrons. The van der Waals surface area contributed by atoms with Crippen LogP contribution in [0.1, 0.15) is 31.7 Å². The van der Waals surface area contributed by atoms with Gasteiger partial charge in [0.1, 0.15) is 5.82 Å². The van der Waals surface area contributed by atoms with Gasteiger partial charge in [-0.1, -0.05) is 0 Å². The average Bonchev–Trinajstić information content (AvgIpc) is 2.87. The van der Waals surface area contributed by atoms with E-state index < -0.39 is 0 Å². The fourth-order valence-corrected chi connectivity index (χ4v) is 4.41. The zero-order chi connectivity index (χ0) is 24.6. The molecule has 0 amide bonds. The number of anilines is 4. The summed E-state index contributed by atoms with van der Waals surface area (Å²) in [5, 5.41) is 7.45. The molecule has 2 N–H and O–H groups in total. The van der Waals surface area contributed by atoms with Crippen molar-refractivity contribution < 1.29 is 13.9 Å². The van der Waals surface area contributed by atoms with Gasteiger partial charge in [0.05, 0.1) is 23.5 Å². The van der Waals surface area contributed by atoms with E-state index in [1.54, 1.807) is 25.5 Å². The quantitative estimate of drug-likeness (QED) is 0.199. The Bertz CT molecular complexity index is 1170. The maximum atomic E-state index is 13.3. The Kier molecular flexibility index (Phi) is 8.50. The fourth-order valence-electron chi connectivity index (χ4n) is 3.63. The van der Waals surface area contributed by atoms with E-state index in [1.807, 2.05) is 19.1 Å². The number of nitrogens with one attached hydrogen (secondary N) is 2. The van der Waals surface area contributed by atoms with E-state index in [4.69, 9.17) is 9.47 Å². The van der Waals surface area contributed by atoms with Crippen molar-refractivity contribution in [1.29, 1.82) is 0 Å². The molecule has 0 aliphatic carbocycles. The summed E-state index contributed by atoms with van der Waals surface area (Å²) in [4.78, 5) is 15.7. The summed E-state index contributed by atoms with van der Waals surface area (Å²) in [7, 11) is 1.61. The molecule has 1 aromatic heterocycles. The molecule has 1 fully saturated rings. The molecule has 1 aliphatic rings. The fraction of sp³-hybridized carbons (Fsp3) is 0.333. The average molecular weight is 591 g/mol. The van der Waals surface area contributed by atoms with Crippen molar-refractivity contribution in [3.05, 3.63) is 51.3 Å². The van der Waals surface area contributed by atoms with Crippen molar-refractivity contribution in [2.75, 3.05) is 42.4 Å². The highest BCUT2D eigenvalue weighted by molar-refractivity contribution is 14.1. The Labute approximate surface area is 217 Å². The maximum absolute atomic E-state index is 13.3. The molecule has 2 aromatic carbocycles. The summed E-state index contributed by atoms with van der Waals surface area (Å²) < 4.78 is 25.4. The molecule has 0 bridgehead atoms. The van der Waals surface area contributed by atoms with Crippen molar-refractivity contribution in [2.45, 2.75) is 26.2 Å². The minimum atomic E-state index is -0.308. The first-order valence-electron chi connectivity index (χ1n) is 11.4. The van der Waals surface area contributed by atoms with E-state index in [0.29, 0.717) is 41.6 Å². The molecule has 184 valence electrons. The van der Waals surface area contributed by atoms with Crippen LogP contribution in [0.5, 0.6) is 11.5 Å². The van der Waals surface area contributed by atoms with E-state index in [1.165, 1.54) is 18.6 Å². The van der Waals surface area contributed by atoms with E-state index in [0.717, 1.165) is 35.1 Å². The van der Waals surface area contributed by atoms with Gasteiger partial charge in [0.15, 0.2) is 11.5 Å². The van der Waals surface area contributed by atoms with Crippen molar-refractivity contribution in [1.82, 2.24) is 15.0 Å². The van der Waals surface area contributed by atoms with Crippen LogP contribution >= 0.6 is 22.6 Å². The first-order valence-corrected chi connectivity index (χ1v) is 12.5. The van der Waals surface area contributed by atoms with Crippen LogP contribution in [0.4, 0.5) is 27.9 Å². The summed E-state index contributed by atoms with van der Waals surface area (Å²) in [5.41, 5.74) is 4.42. The minimum absolute atomic E-state index is 0.300. The van der Waals surface area contributed by atoms with Gasteiger partial charge < -0.3 is 19.7 Å². The van der Waals surface area contributed by atoms with Crippen molar-refractivity contribution in [3.8, 4) is 11.5 Å². The number of aromatic nitrogens is 3. The largest absolute Gasteiger partial charge is 0.493 e. The van der Waals surface area contributed by atoms with Crippen molar-refractivity contribution in [2.24, 2.45) is 5.10 Å². The number of nitrogens with zero attached hydrogens (tertiary/aromatic N) is 5. The topological polar surface area (TPSA) is 96.8 Å². The lowest BCUT2D eigenvalue weighted by atomic mass is 10.1. The first-order chi connectivity index (χ1) is 17.1. The van der Waals surface area contributed by atoms with Crippen LogP contribution in [-0.2, 0) is 0 Å². The predicted octanol–water partition coefficient (Wildman–Crippen LogP) is 5.20. The Morgan fingerprint density at radius 1 is 1.09 bits per heavy atom. The van der Waals surface area contributed by atoms with Crippen LogP contribution in [0, 0.1) is 9.39 Å². The lowest BCUT2D eigenvalue weighted by Crippen LogP contribution is -2.31. The summed E-state index contributed by atoms with van der Waals surface area (Å²) >= 11 is 2.21. The summed E-state index contributed by atoms with van der Waals surface area (Å²) in [6.07, 6.45) is 5.04. The third kappa shape index (κ3) is 6.68. The van der Waals surface area contributed by atoms with Crippen LogP contribution in [0.3, 0.4) is 0 Å². The van der Waals surface area contributed by atoms with Gasteiger partial charge in [-0.25, -0.2) is 9.82 Å². The van der Waals surface area contributed by atoms with Crippen LogP contribution < -0.4 is 25.1 Å². The molecule has 0 spiro atoms. The van der Waals surface area contributed by atoms with Crippen LogP contribution in [-0.4, -0.2) is 48.0 Å². The monoisotopic (exact) mass is 591 g/mol.